The third-order valence-corrected chi connectivity index (χ3v) is 4.43. The molecule has 0 N–H and O–H groups in total. The van der Waals surface area contributed by atoms with Gasteiger partial charge in [-0.15, -0.1) is 0 Å². The van der Waals surface area contributed by atoms with Gasteiger partial charge in [-0.1, -0.05) is 38.2 Å². The number of ether oxygens (including phenoxy) is 1. The summed E-state index contributed by atoms with van der Waals surface area (Å²) in [7, 11) is 0. The maximum Gasteiger partial charge on any atom is 0.323 e. The molecule has 3 nitrogen and oxygen atoms in total. The van der Waals surface area contributed by atoms with E-state index in [0.717, 1.165) is 25.9 Å². The maximum absolute atomic E-state index is 12.2. The molecule has 1 aliphatic carbocycles. The van der Waals surface area contributed by atoms with Gasteiger partial charge in [0.25, 0.3) is 0 Å². The highest BCUT2D eigenvalue weighted by Crippen LogP contribution is 2.32. The molecule has 0 saturated carbocycles. The molecule has 112 valence electrons. The van der Waals surface area contributed by atoms with Gasteiger partial charge in [0.15, 0.2) is 0 Å². The number of hydrogen-bond donors (Lipinski definition) is 0. The Morgan fingerprint density at radius 2 is 2.25 bits per heavy atom. The molecule has 0 spiro atoms. The molecule has 1 saturated heterocycles. The van der Waals surface area contributed by atoms with Crippen LogP contribution in [0.4, 0.5) is 0 Å². The highest BCUT2D eigenvalue weighted by Gasteiger charge is 2.36. The molecule has 1 aliphatic heterocycles. The fourth-order valence-electron chi connectivity index (χ4n) is 3.22. The highest BCUT2D eigenvalue weighted by atomic mass is 16.5. The summed E-state index contributed by atoms with van der Waals surface area (Å²) in [5, 5.41) is 0. The van der Waals surface area contributed by atoms with Crippen LogP contribution in [0.1, 0.15) is 40.0 Å². The van der Waals surface area contributed by atoms with E-state index in [0.29, 0.717) is 12.5 Å². The Bertz CT molecular complexity index is 402. The van der Waals surface area contributed by atoms with Gasteiger partial charge in [0.1, 0.15) is 6.04 Å². The fraction of sp³-hybridized carbons (Fsp3) is 0.706. The van der Waals surface area contributed by atoms with Gasteiger partial charge < -0.3 is 4.74 Å². The van der Waals surface area contributed by atoms with Crippen molar-refractivity contribution in [2.45, 2.75) is 46.1 Å². The van der Waals surface area contributed by atoms with E-state index in [-0.39, 0.29) is 17.4 Å². The zero-order valence-electron chi connectivity index (χ0n) is 13.0. The van der Waals surface area contributed by atoms with Crippen LogP contribution in [0.15, 0.2) is 24.3 Å². The Labute approximate surface area is 122 Å². The van der Waals surface area contributed by atoms with Gasteiger partial charge >= 0.3 is 5.97 Å². The molecule has 0 amide bonds. The van der Waals surface area contributed by atoms with E-state index < -0.39 is 0 Å². The zero-order valence-corrected chi connectivity index (χ0v) is 13.0. The fourth-order valence-corrected chi connectivity index (χ4v) is 3.22. The van der Waals surface area contributed by atoms with Crippen molar-refractivity contribution in [3.63, 3.8) is 0 Å². The van der Waals surface area contributed by atoms with Crippen LogP contribution in [0.3, 0.4) is 0 Å². The first-order valence-corrected chi connectivity index (χ1v) is 7.79. The quantitative estimate of drug-likeness (QED) is 0.739. The molecular formula is C17H27NO2. The number of hydrogen-bond acceptors (Lipinski definition) is 3. The van der Waals surface area contributed by atoms with E-state index in [9.17, 15) is 4.79 Å². The second-order valence-electron chi connectivity index (χ2n) is 6.51. The molecule has 1 heterocycles. The molecule has 0 aromatic heterocycles. The van der Waals surface area contributed by atoms with Crippen molar-refractivity contribution in [1.82, 2.24) is 4.90 Å². The van der Waals surface area contributed by atoms with Crippen LogP contribution < -0.4 is 0 Å². The minimum Gasteiger partial charge on any atom is -0.465 e. The highest BCUT2D eigenvalue weighted by molar-refractivity contribution is 5.76. The smallest absolute Gasteiger partial charge is 0.323 e. The van der Waals surface area contributed by atoms with Crippen LogP contribution in [-0.2, 0) is 9.53 Å². The SMILES string of the molecule is CCOC(=O)C1CC(C)CCN1CC1(C)C=CC=CC1. The number of likely N-dealkylation sites (tertiary alicyclic amines) is 1. The maximum atomic E-state index is 12.2. The number of allylic oxidation sites excluding steroid dienone is 3. The molecular weight excluding hydrogens is 250 g/mol. The first kappa shape index (κ1) is 15.3. The summed E-state index contributed by atoms with van der Waals surface area (Å²) in [4.78, 5) is 14.5. The lowest BCUT2D eigenvalue weighted by Crippen LogP contribution is -2.50. The molecule has 1 fully saturated rings. The Kier molecular flexibility index (Phi) is 5.03. The van der Waals surface area contributed by atoms with Crippen LogP contribution in [0.25, 0.3) is 0 Å². The Balaban J connectivity index is 2.05. The van der Waals surface area contributed by atoms with E-state index in [2.05, 4.69) is 43.1 Å². The molecule has 20 heavy (non-hydrogen) atoms. The van der Waals surface area contributed by atoms with Crippen LogP contribution >= 0.6 is 0 Å². The number of carbonyl (C=O) groups excluding carboxylic acids is 1. The summed E-state index contributed by atoms with van der Waals surface area (Å²) in [6, 6.07) is -0.0603. The van der Waals surface area contributed by atoms with Crippen molar-refractivity contribution < 1.29 is 9.53 Å². The molecule has 0 radical (unpaired) electrons. The number of carbonyl (C=O) groups is 1. The zero-order chi connectivity index (χ0) is 14.6. The van der Waals surface area contributed by atoms with Gasteiger partial charge in [0.2, 0.25) is 0 Å². The van der Waals surface area contributed by atoms with Crippen molar-refractivity contribution in [1.29, 1.82) is 0 Å². The number of esters is 1. The van der Waals surface area contributed by atoms with Crippen molar-refractivity contribution in [3.05, 3.63) is 24.3 Å². The topological polar surface area (TPSA) is 29.5 Å². The molecule has 3 heteroatoms. The molecule has 3 unspecified atom stereocenters. The van der Waals surface area contributed by atoms with Gasteiger partial charge in [-0.3, -0.25) is 9.69 Å². The molecule has 3 atom stereocenters. The largest absolute Gasteiger partial charge is 0.465 e. The summed E-state index contributed by atoms with van der Waals surface area (Å²) in [5.41, 5.74) is 0.139. The van der Waals surface area contributed by atoms with Crippen molar-refractivity contribution in [3.8, 4) is 0 Å². The molecule has 0 aromatic carbocycles. The predicted molar refractivity (Wildman–Crippen MR) is 81.4 cm³/mol. The lowest BCUT2D eigenvalue weighted by atomic mass is 9.81. The van der Waals surface area contributed by atoms with Crippen molar-refractivity contribution in [2.75, 3.05) is 19.7 Å². The summed E-state index contributed by atoms with van der Waals surface area (Å²) < 4.78 is 5.27. The Morgan fingerprint density at radius 3 is 2.90 bits per heavy atom. The summed E-state index contributed by atoms with van der Waals surface area (Å²) in [5.74, 6) is 0.563. The van der Waals surface area contributed by atoms with Gasteiger partial charge in [-0.25, -0.2) is 0 Å². The standard InChI is InChI=1S/C17H27NO2/c1-4-20-16(19)15-12-14(2)8-11-18(15)13-17(3)9-6-5-7-10-17/h5-7,9,14-15H,4,8,10-13H2,1-3H3. The van der Waals surface area contributed by atoms with Crippen LogP contribution in [0, 0.1) is 11.3 Å². The summed E-state index contributed by atoms with van der Waals surface area (Å²) in [6.07, 6.45) is 11.8. The van der Waals surface area contributed by atoms with Gasteiger partial charge in [0.05, 0.1) is 6.61 Å². The van der Waals surface area contributed by atoms with Crippen LogP contribution in [0.5, 0.6) is 0 Å². The van der Waals surface area contributed by atoms with E-state index in [1.807, 2.05) is 6.92 Å². The second kappa shape index (κ2) is 6.57. The first-order valence-electron chi connectivity index (χ1n) is 7.79. The summed E-state index contributed by atoms with van der Waals surface area (Å²) in [6.45, 7) is 8.78. The number of rotatable bonds is 4. The average Bonchev–Trinajstić information content (AvgIpc) is 2.41. The van der Waals surface area contributed by atoms with Gasteiger partial charge in [0, 0.05) is 12.0 Å². The van der Waals surface area contributed by atoms with Crippen molar-refractivity contribution in [2.24, 2.45) is 11.3 Å². The van der Waals surface area contributed by atoms with Crippen molar-refractivity contribution >= 4 is 5.97 Å². The van der Waals surface area contributed by atoms with Gasteiger partial charge in [-0.05, 0) is 38.6 Å². The number of piperidine rings is 1. The lowest BCUT2D eigenvalue weighted by Gasteiger charge is -2.41. The third kappa shape index (κ3) is 3.72. The predicted octanol–water partition coefficient (Wildman–Crippen LogP) is 3.17. The van der Waals surface area contributed by atoms with E-state index >= 15 is 0 Å². The third-order valence-electron chi connectivity index (χ3n) is 4.43. The molecule has 0 aromatic rings. The van der Waals surface area contributed by atoms with Crippen LogP contribution in [-0.4, -0.2) is 36.6 Å². The minimum absolute atomic E-state index is 0.0435. The van der Waals surface area contributed by atoms with Crippen LogP contribution in [0.2, 0.25) is 0 Å². The first-order chi connectivity index (χ1) is 9.54. The normalized spacial score (nSPS) is 34.1. The van der Waals surface area contributed by atoms with Gasteiger partial charge in [-0.2, -0.15) is 0 Å². The van der Waals surface area contributed by atoms with E-state index in [1.165, 1.54) is 6.42 Å². The van der Waals surface area contributed by atoms with E-state index in [4.69, 9.17) is 4.74 Å². The minimum atomic E-state index is -0.0603. The summed E-state index contributed by atoms with van der Waals surface area (Å²) >= 11 is 0. The molecule has 2 aliphatic rings. The molecule has 0 bridgehead atoms. The monoisotopic (exact) mass is 277 g/mol. The average molecular weight is 277 g/mol. The number of nitrogens with zero attached hydrogens (tertiary/aromatic N) is 1. The Hall–Kier alpha value is -1.09. The van der Waals surface area contributed by atoms with E-state index in [1.54, 1.807) is 0 Å². The second-order valence-corrected chi connectivity index (χ2v) is 6.51. The lowest BCUT2D eigenvalue weighted by molar-refractivity contribution is -0.152. The Morgan fingerprint density at radius 1 is 1.45 bits per heavy atom. The molecule has 2 rings (SSSR count).